The molecule has 7 nitrogen and oxygen atoms in total. The molecule has 162 valence electrons. The van der Waals surface area contributed by atoms with E-state index in [1.54, 1.807) is 30.4 Å². The minimum absolute atomic E-state index is 0.166. The molecule has 1 unspecified atom stereocenters. The van der Waals surface area contributed by atoms with Gasteiger partial charge < -0.3 is 10.1 Å². The fourth-order valence-electron chi connectivity index (χ4n) is 3.02. The second-order valence-electron chi connectivity index (χ2n) is 6.97. The number of benzene rings is 2. The van der Waals surface area contributed by atoms with E-state index in [0.29, 0.717) is 17.1 Å². The lowest BCUT2D eigenvalue weighted by Gasteiger charge is -2.13. The Hall–Kier alpha value is -3.26. The summed E-state index contributed by atoms with van der Waals surface area (Å²) in [6, 6.07) is 18.9. The third-order valence-electron chi connectivity index (χ3n) is 4.80. The monoisotopic (exact) mass is 439 g/mol. The zero-order chi connectivity index (χ0) is 22.4. The zero-order valence-corrected chi connectivity index (χ0v) is 18.5. The van der Waals surface area contributed by atoms with Crippen molar-refractivity contribution in [2.75, 3.05) is 11.1 Å². The largest absolute Gasteiger partial charge is 0.453 e. The van der Waals surface area contributed by atoms with Gasteiger partial charge in [-0.1, -0.05) is 36.4 Å². The topological polar surface area (TPSA) is 82.3 Å². The Kier molecular flexibility index (Phi) is 7.36. The fourth-order valence-corrected chi connectivity index (χ4v) is 3.87. The average Bonchev–Trinajstić information content (AvgIpc) is 2.98. The predicted molar refractivity (Wildman–Crippen MR) is 122 cm³/mol. The normalized spacial score (nSPS) is 11.7. The molecule has 0 saturated carbocycles. The van der Waals surface area contributed by atoms with E-state index in [2.05, 4.69) is 5.32 Å². The van der Waals surface area contributed by atoms with Crippen molar-refractivity contribution in [2.45, 2.75) is 31.3 Å². The van der Waals surface area contributed by atoms with Gasteiger partial charge in [0.25, 0.3) is 11.5 Å². The molecule has 1 aromatic heterocycles. The number of aromatic nitrogens is 2. The van der Waals surface area contributed by atoms with E-state index < -0.39 is 18.0 Å². The molecule has 1 N–H and O–H groups in total. The van der Waals surface area contributed by atoms with E-state index in [0.717, 1.165) is 4.90 Å². The number of nitrogens with one attached hydrogen (secondary N) is 1. The van der Waals surface area contributed by atoms with Crippen LogP contribution in [0.1, 0.15) is 19.0 Å². The Morgan fingerprint density at radius 1 is 1.06 bits per heavy atom. The number of ether oxygens (including phenoxy) is 1. The molecule has 3 aromatic rings. The molecule has 0 saturated heterocycles. The second-order valence-corrected chi connectivity index (χ2v) is 8.14. The number of carbonyl (C=O) groups is 2. The van der Waals surface area contributed by atoms with Crippen LogP contribution >= 0.6 is 11.8 Å². The lowest BCUT2D eigenvalue weighted by Crippen LogP contribution is -2.32. The van der Waals surface area contributed by atoms with Crippen LogP contribution in [-0.2, 0) is 21.4 Å². The van der Waals surface area contributed by atoms with Crippen molar-refractivity contribution in [1.82, 2.24) is 9.36 Å². The van der Waals surface area contributed by atoms with Gasteiger partial charge in [-0.05, 0) is 38.1 Å². The van der Waals surface area contributed by atoms with E-state index in [-0.39, 0.29) is 17.7 Å². The molecule has 0 aliphatic heterocycles. The molecule has 1 heterocycles. The number of para-hydroxylation sites is 1. The van der Waals surface area contributed by atoms with Crippen molar-refractivity contribution in [1.29, 1.82) is 0 Å². The van der Waals surface area contributed by atoms with Crippen LogP contribution in [0.25, 0.3) is 5.69 Å². The number of nitrogens with zero attached hydrogens (tertiary/aromatic N) is 2. The molecule has 2 aromatic carbocycles. The summed E-state index contributed by atoms with van der Waals surface area (Å²) in [6.07, 6.45) is -0.832. The van der Waals surface area contributed by atoms with E-state index >= 15 is 0 Å². The van der Waals surface area contributed by atoms with Gasteiger partial charge in [-0.25, -0.2) is 4.68 Å². The number of amides is 1. The zero-order valence-electron chi connectivity index (χ0n) is 17.7. The van der Waals surface area contributed by atoms with Crippen LogP contribution in [-0.4, -0.2) is 33.1 Å². The standard InChI is InChI=1S/C23H25N3O4S/c1-16-21(23(29)26(25(16)3)18-10-6-4-7-11-18)24-22(28)17(2)30-20(27)14-15-31-19-12-8-5-9-13-19/h4-13,17H,14-15H2,1-3H3,(H,24,28). The summed E-state index contributed by atoms with van der Waals surface area (Å²) in [7, 11) is 1.74. The summed E-state index contributed by atoms with van der Waals surface area (Å²) in [5.41, 5.74) is 1.10. The lowest BCUT2D eigenvalue weighted by molar-refractivity contribution is -0.152. The van der Waals surface area contributed by atoms with Gasteiger partial charge in [0.2, 0.25) is 0 Å². The van der Waals surface area contributed by atoms with E-state index in [1.165, 1.54) is 11.6 Å². The van der Waals surface area contributed by atoms with Crippen LogP contribution in [0.3, 0.4) is 0 Å². The Morgan fingerprint density at radius 3 is 2.32 bits per heavy atom. The van der Waals surface area contributed by atoms with Crippen molar-refractivity contribution in [3.05, 3.63) is 76.7 Å². The number of hydrogen-bond acceptors (Lipinski definition) is 5. The summed E-state index contributed by atoms with van der Waals surface area (Å²) in [4.78, 5) is 38.6. The molecule has 31 heavy (non-hydrogen) atoms. The van der Waals surface area contributed by atoms with Crippen LogP contribution in [0.2, 0.25) is 0 Å². The number of thioether (sulfide) groups is 1. The van der Waals surface area contributed by atoms with E-state index in [9.17, 15) is 14.4 Å². The van der Waals surface area contributed by atoms with Gasteiger partial charge in [0.1, 0.15) is 5.69 Å². The molecule has 0 fully saturated rings. The highest BCUT2D eigenvalue weighted by atomic mass is 32.2. The van der Waals surface area contributed by atoms with Crippen molar-refractivity contribution < 1.29 is 14.3 Å². The highest BCUT2D eigenvalue weighted by Crippen LogP contribution is 2.18. The van der Waals surface area contributed by atoms with Crippen molar-refractivity contribution in [3.63, 3.8) is 0 Å². The summed E-state index contributed by atoms with van der Waals surface area (Å²) in [5.74, 6) is -0.454. The van der Waals surface area contributed by atoms with Crippen LogP contribution < -0.4 is 10.9 Å². The highest BCUT2D eigenvalue weighted by Gasteiger charge is 2.23. The van der Waals surface area contributed by atoms with Crippen LogP contribution in [0.5, 0.6) is 0 Å². The maximum absolute atomic E-state index is 12.9. The predicted octanol–water partition coefficient (Wildman–Crippen LogP) is 3.54. The molecule has 0 spiro atoms. The third-order valence-corrected chi connectivity index (χ3v) is 5.81. The minimum atomic E-state index is -1.02. The van der Waals surface area contributed by atoms with Crippen molar-refractivity contribution in [2.24, 2.45) is 7.05 Å². The third kappa shape index (κ3) is 5.46. The fraction of sp³-hybridized carbons (Fsp3) is 0.261. The van der Waals surface area contributed by atoms with Gasteiger partial charge in [-0.3, -0.25) is 19.1 Å². The number of carbonyl (C=O) groups excluding carboxylic acids is 2. The Bertz CT molecular complexity index is 1110. The van der Waals surface area contributed by atoms with Crippen LogP contribution in [0.15, 0.2) is 70.4 Å². The van der Waals surface area contributed by atoms with Gasteiger partial charge in [0, 0.05) is 17.7 Å². The second kappa shape index (κ2) is 10.2. The highest BCUT2D eigenvalue weighted by molar-refractivity contribution is 7.99. The molecule has 0 radical (unpaired) electrons. The Balaban J connectivity index is 1.59. The van der Waals surface area contributed by atoms with E-state index in [4.69, 9.17) is 4.74 Å². The SMILES string of the molecule is Cc1c(NC(=O)C(C)OC(=O)CCSc2ccccc2)c(=O)n(-c2ccccc2)n1C. The quantitative estimate of drug-likeness (QED) is 0.429. The maximum Gasteiger partial charge on any atom is 0.307 e. The first-order chi connectivity index (χ1) is 14.9. The Labute approximate surface area is 185 Å². The number of rotatable bonds is 8. The smallest absolute Gasteiger partial charge is 0.307 e. The molecule has 0 aliphatic rings. The molecule has 0 aliphatic carbocycles. The molecule has 3 rings (SSSR count). The minimum Gasteiger partial charge on any atom is -0.453 e. The molecular weight excluding hydrogens is 414 g/mol. The van der Waals surface area contributed by atoms with Gasteiger partial charge in [-0.2, -0.15) is 0 Å². The first-order valence-electron chi connectivity index (χ1n) is 9.90. The van der Waals surface area contributed by atoms with Gasteiger partial charge in [0.15, 0.2) is 6.10 Å². The number of esters is 1. The maximum atomic E-state index is 12.9. The average molecular weight is 440 g/mol. The lowest BCUT2D eigenvalue weighted by atomic mass is 10.3. The van der Waals surface area contributed by atoms with E-state index in [1.807, 2.05) is 60.7 Å². The van der Waals surface area contributed by atoms with Crippen LogP contribution in [0, 0.1) is 6.92 Å². The van der Waals surface area contributed by atoms with Gasteiger partial charge >= 0.3 is 5.97 Å². The van der Waals surface area contributed by atoms with Crippen LogP contribution in [0.4, 0.5) is 5.69 Å². The first-order valence-corrected chi connectivity index (χ1v) is 10.9. The molecule has 0 bridgehead atoms. The van der Waals surface area contributed by atoms with Crippen molar-refractivity contribution in [3.8, 4) is 5.69 Å². The van der Waals surface area contributed by atoms with Crippen molar-refractivity contribution >= 4 is 29.3 Å². The summed E-state index contributed by atoms with van der Waals surface area (Å²) in [6.45, 7) is 3.24. The van der Waals surface area contributed by atoms with Gasteiger partial charge in [-0.15, -0.1) is 11.8 Å². The molecule has 1 atom stereocenters. The van der Waals surface area contributed by atoms with Gasteiger partial charge in [0.05, 0.1) is 17.8 Å². The number of hydrogen-bond donors (Lipinski definition) is 1. The molecule has 8 heteroatoms. The number of anilines is 1. The summed E-state index contributed by atoms with van der Waals surface area (Å²) in [5, 5.41) is 2.62. The molecular formula is C23H25N3O4S. The summed E-state index contributed by atoms with van der Waals surface area (Å²) >= 11 is 1.54. The summed E-state index contributed by atoms with van der Waals surface area (Å²) < 4.78 is 8.39. The first kappa shape index (κ1) is 22.4. The molecule has 1 amide bonds. The Morgan fingerprint density at radius 2 is 1.68 bits per heavy atom.